The Morgan fingerprint density at radius 2 is 1.84 bits per heavy atom. The average Bonchev–Trinajstić information content (AvgIpc) is 2.43. The highest BCUT2D eigenvalue weighted by Crippen LogP contribution is 2.18. The van der Waals surface area contributed by atoms with Crippen LogP contribution in [0.3, 0.4) is 0 Å². The van der Waals surface area contributed by atoms with Gasteiger partial charge in [-0.15, -0.1) is 0 Å². The second-order valence-electron chi connectivity index (χ2n) is 5.06. The lowest BCUT2D eigenvalue weighted by atomic mass is 9.95. The number of carbonyl (C=O) groups is 1. The van der Waals surface area contributed by atoms with E-state index >= 15 is 0 Å². The number of amides is 1. The van der Waals surface area contributed by atoms with E-state index in [0.717, 1.165) is 31.4 Å². The van der Waals surface area contributed by atoms with Gasteiger partial charge in [0.2, 0.25) is 5.91 Å². The van der Waals surface area contributed by atoms with Gasteiger partial charge < -0.3 is 5.32 Å². The van der Waals surface area contributed by atoms with Crippen LogP contribution in [0.2, 0.25) is 0 Å². The minimum atomic E-state index is 0.148. The van der Waals surface area contributed by atoms with E-state index in [1.54, 1.807) is 12.4 Å². The van der Waals surface area contributed by atoms with Crippen LogP contribution in [0.25, 0.3) is 0 Å². The van der Waals surface area contributed by atoms with Crippen molar-refractivity contribution in [3.8, 4) is 0 Å². The largest absolute Gasteiger partial charge is 0.326 e. The Hall–Kier alpha value is -1.38. The summed E-state index contributed by atoms with van der Waals surface area (Å²) in [6.07, 6.45) is 11.3. The van der Waals surface area contributed by atoms with E-state index < -0.39 is 0 Å². The molecule has 0 saturated carbocycles. The summed E-state index contributed by atoms with van der Waals surface area (Å²) < 4.78 is 0. The van der Waals surface area contributed by atoms with Crippen molar-refractivity contribution >= 4 is 11.6 Å². The number of aromatic nitrogens is 1. The maximum Gasteiger partial charge on any atom is 0.227 e. The molecule has 1 atom stereocenters. The smallest absolute Gasteiger partial charge is 0.227 e. The molecule has 106 valence electrons. The van der Waals surface area contributed by atoms with Gasteiger partial charge in [0.25, 0.3) is 0 Å². The van der Waals surface area contributed by atoms with E-state index in [0.29, 0.717) is 0 Å². The molecule has 1 amide bonds. The van der Waals surface area contributed by atoms with Gasteiger partial charge in [0.15, 0.2) is 0 Å². The Bertz CT molecular complexity index is 351. The Morgan fingerprint density at radius 1 is 1.11 bits per heavy atom. The van der Waals surface area contributed by atoms with Crippen LogP contribution in [-0.2, 0) is 4.79 Å². The van der Waals surface area contributed by atoms with E-state index in [-0.39, 0.29) is 11.8 Å². The van der Waals surface area contributed by atoms with Gasteiger partial charge in [-0.05, 0) is 25.0 Å². The van der Waals surface area contributed by atoms with Gasteiger partial charge in [-0.3, -0.25) is 9.78 Å². The van der Waals surface area contributed by atoms with Gasteiger partial charge in [0, 0.05) is 24.0 Å². The number of rotatable bonds is 9. The highest BCUT2D eigenvalue weighted by atomic mass is 16.1. The predicted octanol–water partition coefficient (Wildman–Crippen LogP) is 4.41. The summed E-state index contributed by atoms with van der Waals surface area (Å²) in [5.74, 6) is 0.305. The van der Waals surface area contributed by atoms with Gasteiger partial charge in [-0.2, -0.15) is 0 Å². The molecule has 0 aromatic carbocycles. The number of hydrogen-bond acceptors (Lipinski definition) is 2. The van der Waals surface area contributed by atoms with Crippen molar-refractivity contribution in [2.24, 2.45) is 5.92 Å². The van der Waals surface area contributed by atoms with Crippen LogP contribution in [0.5, 0.6) is 0 Å². The zero-order valence-corrected chi connectivity index (χ0v) is 12.2. The van der Waals surface area contributed by atoms with Crippen LogP contribution in [-0.4, -0.2) is 10.9 Å². The zero-order valence-electron chi connectivity index (χ0n) is 12.2. The summed E-state index contributed by atoms with van der Waals surface area (Å²) in [6.45, 7) is 4.35. The number of unbranched alkanes of at least 4 members (excludes halogenated alkanes) is 3. The van der Waals surface area contributed by atoms with Gasteiger partial charge >= 0.3 is 0 Å². The fraction of sp³-hybridized carbons (Fsp3) is 0.625. The molecule has 1 N–H and O–H groups in total. The molecule has 0 radical (unpaired) electrons. The third-order valence-electron chi connectivity index (χ3n) is 3.36. The Balaban J connectivity index is 2.43. The topological polar surface area (TPSA) is 42.0 Å². The van der Waals surface area contributed by atoms with E-state index in [2.05, 4.69) is 24.1 Å². The molecular weight excluding hydrogens is 236 g/mol. The second-order valence-corrected chi connectivity index (χ2v) is 5.06. The molecule has 1 heterocycles. The van der Waals surface area contributed by atoms with Crippen LogP contribution >= 0.6 is 0 Å². The Kier molecular flexibility index (Phi) is 7.87. The van der Waals surface area contributed by atoms with E-state index in [4.69, 9.17) is 0 Å². The molecule has 0 saturated heterocycles. The maximum absolute atomic E-state index is 12.2. The van der Waals surface area contributed by atoms with E-state index in [1.165, 1.54) is 19.3 Å². The van der Waals surface area contributed by atoms with E-state index in [1.807, 2.05) is 12.1 Å². The zero-order chi connectivity index (χ0) is 13.9. The first-order valence-electron chi connectivity index (χ1n) is 7.48. The van der Waals surface area contributed by atoms with Crippen molar-refractivity contribution in [2.75, 3.05) is 5.32 Å². The summed E-state index contributed by atoms with van der Waals surface area (Å²) >= 11 is 0. The lowest BCUT2D eigenvalue weighted by molar-refractivity contribution is -0.120. The molecular formula is C16H26N2O. The number of nitrogens with zero attached hydrogens (tertiary/aromatic N) is 1. The second kappa shape index (κ2) is 9.54. The molecule has 1 unspecified atom stereocenters. The van der Waals surface area contributed by atoms with Crippen molar-refractivity contribution in [1.29, 1.82) is 0 Å². The van der Waals surface area contributed by atoms with Gasteiger partial charge in [-0.25, -0.2) is 0 Å². The fourth-order valence-corrected chi connectivity index (χ4v) is 2.25. The van der Waals surface area contributed by atoms with Crippen LogP contribution in [0.15, 0.2) is 24.5 Å². The Morgan fingerprint density at radius 3 is 2.47 bits per heavy atom. The molecule has 19 heavy (non-hydrogen) atoms. The molecule has 1 aromatic heterocycles. The predicted molar refractivity (Wildman–Crippen MR) is 80.0 cm³/mol. The van der Waals surface area contributed by atoms with Gasteiger partial charge in [0.05, 0.1) is 0 Å². The monoisotopic (exact) mass is 262 g/mol. The summed E-state index contributed by atoms with van der Waals surface area (Å²) in [7, 11) is 0. The Labute approximate surface area is 116 Å². The minimum absolute atomic E-state index is 0.148. The van der Waals surface area contributed by atoms with Gasteiger partial charge in [0.1, 0.15) is 0 Å². The molecule has 0 spiro atoms. The standard InChI is InChI=1S/C16H26N2O/c1-3-5-6-7-9-14(8-4-2)16(19)18-15-10-12-17-13-11-15/h10-14H,3-9H2,1-2H3,(H,17,18,19). The normalized spacial score (nSPS) is 12.1. The average molecular weight is 262 g/mol. The summed E-state index contributed by atoms with van der Waals surface area (Å²) in [4.78, 5) is 16.2. The first kappa shape index (κ1) is 15.7. The van der Waals surface area contributed by atoms with Crippen LogP contribution < -0.4 is 5.32 Å². The molecule has 3 heteroatoms. The highest BCUT2D eigenvalue weighted by Gasteiger charge is 2.17. The summed E-state index contributed by atoms with van der Waals surface area (Å²) in [5.41, 5.74) is 0.842. The van der Waals surface area contributed by atoms with Gasteiger partial charge in [-0.1, -0.05) is 46.0 Å². The fourth-order valence-electron chi connectivity index (χ4n) is 2.25. The first-order chi connectivity index (χ1) is 9.27. The molecule has 3 nitrogen and oxygen atoms in total. The number of hydrogen-bond donors (Lipinski definition) is 1. The molecule has 0 aliphatic rings. The van der Waals surface area contributed by atoms with Crippen molar-refractivity contribution in [3.05, 3.63) is 24.5 Å². The van der Waals surface area contributed by atoms with Crippen LogP contribution in [0, 0.1) is 5.92 Å². The maximum atomic E-state index is 12.2. The lowest BCUT2D eigenvalue weighted by Gasteiger charge is -2.16. The molecule has 0 aliphatic heterocycles. The summed E-state index contributed by atoms with van der Waals surface area (Å²) in [5, 5.41) is 2.99. The molecule has 0 aliphatic carbocycles. The SMILES string of the molecule is CCCCCCC(CCC)C(=O)Nc1ccncc1. The van der Waals surface area contributed by atoms with Crippen molar-refractivity contribution in [1.82, 2.24) is 4.98 Å². The third-order valence-corrected chi connectivity index (χ3v) is 3.36. The van der Waals surface area contributed by atoms with Crippen molar-refractivity contribution in [2.45, 2.75) is 58.8 Å². The highest BCUT2D eigenvalue weighted by molar-refractivity contribution is 5.92. The number of nitrogens with one attached hydrogen (secondary N) is 1. The molecule has 0 fully saturated rings. The third kappa shape index (κ3) is 6.37. The van der Waals surface area contributed by atoms with Crippen LogP contribution in [0.4, 0.5) is 5.69 Å². The van der Waals surface area contributed by atoms with E-state index in [9.17, 15) is 4.79 Å². The number of anilines is 1. The summed E-state index contributed by atoms with van der Waals surface area (Å²) in [6, 6.07) is 3.66. The number of pyridine rings is 1. The molecule has 1 aromatic rings. The lowest BCUT2D eigenvalue weighted by Crippen LogP contribution is -2.22. The van der Waals surface area contributed by atoms with Crippen LogP contribution in [0.1, 0.15) is 58.8 Å². The first-order valence-corrected chi connectivity index (χ1v) is 7.48. The van der Waals surface area contributed by atoms with Crippen molar-refractivity contribution < 1.29 is 4.79 Å². The number of carbonyl (C=O) groups excluding carboxylic acids is 1. The molecule has 0 bridgehead atoms. The molecule has 1 rings (SSSR count). The minimum Gasteiger partial charge on any atom is -0.326 e. The quantitative estimate of drug-likeness (QED) is 0.670. The van der Waals surface area contributed by atoms with Crippen molar-refractivity contribution in [3.63, 3.8) is 0 Å².